The van der Waals surface area contributed by atoms with Crippen LogP contribution >= 0.6 is 0 Å². The summed E-state index contributed by atoms with van der Waals surface area (Å²) in [5, 5.41) is 6.18. The Labute approximate surface area is 163 Å². The van der Waals surface area contributed by atoms with Gasteiger partial charge in [-0.2, -0.15) is 0 Å². The molecule has 5 heteroatoms. The monoisotopic (exact) mass is 373 g/mol. The Balaban J connectivity index is 1.86. The molecule has 2 N–H and O–H groups in total. The largest absolute Gasteiger partial charge is 0.353 e. The highest BCUT2D eigenvalue weighted by atomic mass is 16.2. The molecule has 0 saturated carbocycles. The molecule has 1 aromatic carbocycles. The van der Waals surface area contributed by atoms with Gasteiger partial charge in [-0.15, -0.1) is 0 Å². The van der Waals surface area contributed by atoms with E-state index in [0.29, 0.717) is 5.92 Å². The number of hydrogen-bond donors (Lipinski definition) is 2. The van der Waals surface area contributed by atoms with E-state index in [1.54, 1.807) is 0 Å². The molecule has 1 heterocycles. The van der Waals surface area contributed by atoms with Crippen molar-refractivity contribution in [1.29, 1.82) is 0 Å². The fraction of sp³-hybridized carbons (Fsp3) is 0.636. The van der Waals surface area contributed by atoms with Gasteiger partial charge in [0.05, 0.1) is 6.04 Å². The summed E-state index contributed by atoms with van der Waals surface area (Å²) in [6.07, 6.45) is 1.61. The van der Waals surface area contributed by atoms with Crippen LogP contribution in [0.25, 0.3) is 0 Å². The number of hydrogen-bond acceptors (Lipinski definition) is 3. The van der Waals surface area contributed by atoms with Crippen LogP contribution < -0.4 is 10.6 Å². The van der Waals surface area contributed by atoms with E-state index in [1.165, 1.54) is 0 Å². The first-order chi connectivity index (χ1) is 12.7. The summed E-state index contributed by atoms with van der Waals surface area (Å²) in [7, 11) is 0. The van der Waals surface area contributed by atoms with Crippen LogP contribution in [0.15, 0.2) is 18.2 Å². The van der Waals surface area contributed by atoms with E-state index in [0.717, 1.165) is 42.7 Å². The molecule has 0 aromatic heterocycles. The fourth-order valence-electron chi connectivity index (χ4n) is 3.33. The summed E-state index contributed by atoms with van der Waals surface area (Å²) < 4.78 is 0. The van der Waals surface area contributed by atoms with Crippen molar-refractivity contribution >= 4 is 17.5 Å². The summed E-state index contributed by atoms with van der Waals surface area (Å²) in [4.78, 5) is 27.3. The van der Waals surface area contributed by atoms with Crippen LogP contribution in [0.2, 0.25) is 0 Å². The van der Waals surface area contributed by atoms with Gasteiger partial charge < -0.3 is 10.6 Å². The third-order valence-electron chi connectivity index (χ3n) is 5.85. The molecule has 0 aliphatic carbocycles. The van der Waals surface area contributed by atoms with Crippen LogP contribution in [0.1, 0.15) is 51.7 Å². The highest BCUT2D eigenvalue weighted by Crippen LogP contribution is 2.21. The zero-order chi connectivity index (χ0) is 20.1. The van der Waals surface area contributed by atoms with Crippen LogP contribution in [0.3, 0.4) is 0 Å². The summed E-state index contributed by atoms with van der Waals surface area (Å²) in [5.41, 5.74) is 3.07. The van der Waals surface area contributed by atoms with Gasteiger partial charge in [0.25, 0.3) is 0 Å². The minimum absolute atomic E-state index is 0.0139. The maximum Gasteiger partial charge on any atom is 0.241 e. The van der Waals surface area contributed by atoms with E-state index in [2.05, 4.69) is 36.3 Å². The molecule has 0 radical (unpaired) electrons. The lowest BCUT2D eigenvalue weighted by molar-refractivity contribution is -0.128. The minimum atomic E-state index is -0.205. The number of rotatable bonds is 6. The predicted octanol–water partition coefficient (Wildman–Crippen LogP) is 3.50. The van der Waals surface area contributed by atoms with Crippen molar-refractivity contribution in [1.82, 2.24) is 10.2 Å². The SMILES string of the molecule is Cc1ccc(C)c(NC(=O)C(C)N2CCC(C(=O)NC(C)C(C)C)CC2)c1. The van der Waals surface area contributed by atoms with E-state index in [1.807, 2.05) is 39.0 Å². The van der Waals surface area contributed by atoms with E-state index >= 15 is 0 Å². The number of piperidine rings is 1. The molecule has 0 bridgehead atoms. The second-order valence-corrected chi connectivity index (χ2v) is 8.34. The smallest absolute Gasteiger partial charge is 0.241 e. The van der Waals surface area contributed by atoms with Gasteiger partial charge in [-0.05, 0) is 76.7 Å². The fourth-order valence-corrected chi connectivity index (χ4v) is 3.33. The third-order valence-corrected chi connectivity index (χ3v) is 5.85. The lowest BCUT2D eigenvalue weighted by atomic mass is 9.94. The number of nitrogens with zero attached hydrogens (tertiary/aromatic N) is 1. The molecular weight excluding hydrogens is 338 g/mol. The Morgan fingerprint density at radius 3 is 2.30 bits per heavy atom. The number of amides is 2. The molecule has 1 aromatic rings. The number of aryl methyl sites for hydroxylation is 2. The normalized spacial score (nSPS) is 18.2. The number of carbonyl (C=O) groups excluding carboxylic acids is 2. The standard InChI is InChI=1S/C22H35N3O2/c1-14(2)17(5)23-22(27)19-9-11-25(12-10-19)18(6)21(26)24-20-13-15(3)7-8-16(20)4/h7-8,13-14,17-19H,9-12H2,1-6H3,(H,23,27)(H,24,26). The van der Waals surface area contributed by atoms with Gasteiger partial charge in [-0.1, -0.05) is 26.0 Å². The minimum Gasteiger partial charge on any atom is -0.353 e. The maximum atomic E-state index is 12.7. The first-order valence-electron chi connectivity index (χ1n) is 10.1. The Kier molecular flexibility index (Phi) is 7.42. The molecule has 150 valence electrons. The van der Waals surface area contributed by atoms with Crippen LogP contribution in [0.5, 0.6) is 0 Å². The lowest BCUT2D eigenvalue weighted by Crippen LogP contribution is -2.49. The van der Waals surface area contributed by atoms with Gasteiger partial charge in [0.15, 0.2) is 0 Å². The molecule has 5 nitrogen and oxygen atoms in total. The van der Waals surface area contributed by atoms with Crippen molar-refractivity contribution < 1.29 is 9.59 Å². The number of likely N-dealkylation sites (tertiary alicyclic amines) is 1. The molecule has 1 aliphatic rings. The van der Waals surface area contributed by atoms with Gasteiger partial charge in [-0.25, -0.2) is 0 Å². The number of anilines is 1. The van der Waals surface area contributed by atoms with Gasteiger partial charge in [0.1, 0.15) is 0 Å². The molecular formula is C22H35N3O2. The molecule has 27 heavy (non-hydrogen) atoms. The van der Waals surface area contributed by atoms with Crippen LogP contribution in [0, 0.1) is 25.7 Å². The van der Waals surface area contributed by atoms with Crippen LogP contribution in [-0.2, 0) is 9.59 Å². The second-order valence-electron chi connectivity index (χ2n) is 8.34. The van der Waals surface area contributed by atoms with Gasteiger partial charge in [-0.3, -0.25) is 14.5 Å². The van der Waals surface area contributed by atoms with E-state index < -0.39 is 0 Å². The summed E-state index contributed by atoms with van der Waals surface area (Å²) in [6.45, 7) is 13.8. The first kappa shape index (κ1) is 21.4. The summed E-state index contributed by atoms with van der Waals surface area (Å²) >= 11 is 0. The molecule has 1 fully saturated rings. The Morgan fingerprint density at radius 1 is 1.07 bits per heavy atom. The maximum absolute atomic E-state index is 12.7. The van der Waals surface area contributed by atoms with E-state index in [-0.39, 0.29) is 29.8 Å². The van der Waals surface area contributed by atoms with Crippen molar-refractivity contribution in [2.45, 2.75) is 66.5 Å². The zero-order valence-electron chi connectivity index (χ0n) is 17.6. The van der Waals surface area contributed by atoms with Crippen molar-refractivity contribution in [3.63, 3.8) is 0 Å². The quantitative estimate of drug-likeness (QED) is 0.802. The molecule has 0 spiro atoms. The Hall–Kier alpha value is -1.88. The average Bonchev–Trinajstić information content (AvgIpc) is 2.64. The van der Waals surface area contributed by atoms with Gasteiger partial charge in [0, 0.05) is 17.6 Å². The van der Waals surface area contributed by atoms with Crippen molar-refractivity contribution in [3.05, 3.63) is 29.3 Å². The topological polar surface area (TPSA) is 61.4 Å². The van der Waals surface area contributed by atoms with Crippen molar-refractivity contribution in [3.8, 4) is 0 Å². The second kappa shape index (κ2) is 9.36. The van der Waals surface area contributed by atoms with Gasteiger partial charge >= 0.3 is 0 Å². The van der Waals surface area contributed by atoms with Gasteiger partial charge in [0.2, 0.25) is 11.8 Å². The average molecular weight is 374 g/mol. The molecule has 2 rings (SSSR count). The van der Waals surface area contributed by atoms with Crippen LogP contribution in [-0.4, -0.2) is 41.9 Å². The highest BCUT2D eigenvalue weighted by molar-refractivity contribution is 5.95. The van der Waals surface area contributed by atoms with Crippen molar-refractivity contribution in [2.75, 3.05) is 18.4 Å². The van der Waals surface area contributed by atoms with Crippen LogP contribution in [0.4, 0.5) is 5.69 Å². The lowest BCUT2D eigenvalue weighted by Gasteiger charge is -2.35. The first-order valence-corrected chi connectivity index (χ1v) is 10.1. The van der Waals surface area contributed by atoms with E-state index in [4.69, 9.17) is 0 Å². The molecule has 1 saturated heterocycles. The predicted molar refractivity (Wildman–Crippen MR) is 111 cm³/mol. The molecule has 2 atom stereocenters. The summed E-state index contributed by atoms with van der Waals surface area (Å²) in [6, 6.07) is 6.07. The van der Waals surface area contributed by atoms with E-state index in [9.17, 15) is 9.59 Å². The molecule has 2 amide bonds. The summed E-state index contributed by atoms with van der Waals surface area (Å²) in [5.74, 6) is 0.655. The number of nitrogens with one attached hydrogen (secondary N) is 2. The third kappa shape index (κ3) is 5.80. The Bertz CT molecular complexity index is 664. The van der Waals surface area contributed by atoms with Crippen molar-refractivity contribution in [2.24, 2.45) is 11.8 Å². The zero-order valence-corrected chi connectivity index (χ0v) is 17.6. The molecule has 1 aliphatic heterocycles. The number of carbonyl (C=O) groups is 2. The number of benzene rings is 1. The Morgan fingerprint density at radius 2 is 1.70 bits per heavy atom. The molecule has 2 unspecified atom stereocenters. The highest BCUT2D eigenvalue weighted by Gasteiger charge is 2.30.